The van der Waals surface area contributed by atoms with E-state index >= 15 is 0 Å². The van der Waals surface area contributed by atoms with Crippen LogP contribution in [0.5, 0.6) is 0 Å². The fourth-order valence-corrected chi connectivity index (χ4v) is 3.44. The topological polar surface area (TPSA) is 80.3 Å². The molecular weight excluding hydrogens is 358 g/mol. The van der Waals surface area contributed by atoms with E-state index in [1.54, 1.807) is 12.3 Å². The Morgan fingerprint density at radius 2 is 2.24 bits per heavy atom. The predicted octanol–water partition coefficient (Wildman–Crippen LogP) is 1.98. The minimum atomic E-state index is -3.61. The number of halogens is 1. The van der Waals surface area contributed by atoms with Crippen LogP contribution in [0.4, 0.5) is 5.82 Å². The number of anilines is 1. The predicted molar refractivity (Wildman–Crippen MR) is 84.8 cm³/mol. The lowest BCUT2D eigenvalue weighted by Gasteiger charge is -2.12. The maximum atomic E-state index is 12.3. The van der Waals surface area contributed by atoms with Crippen LogP contribution in [0.2, 0.25) is 0 Å². The van der Waals surface area contributed by atoms with Crippen molar-refractivity contribution in [3.63, 3.8) is 0 Å². The molecule has 0 amide bonds. The molecular formula is C13H20BrN3O3S. The fraction of sp³-hybridized carbons (Fsp3) is 0.615. The quantitative estimate of drug-likeness (QED) is 0.643. The third kappa shape index (κ3) is 5.21. The zero-order valence-corrected chi connectivity index (χ0v) is 14.3. The van der Waals surface area contributed by atoms with Gasteiger partial charge in [0.1, 0.15) is 10.7 Å². The van der Waals surface area contributed by atoms with E-state index in [9.17, 15) is 8.42 Å². The van der Waals surface area contributed by atoms with Crippen LogP contribution in [0.1, 0.15) is 19.8 Å². The van der Waals surface area contributed by atoms with Gasteiger partial charge in [0.05, 0.1) is 6.61 Å². The summed E-state index contributed by atoms with van der Waals surface area (Å²) in [5.41, 5.74) is 0. The van der Waals surface area contributed by atoms with Gasteiger partial charge in [0, 0.05) is 30.4 Å². The molecule has 0 unspecified atom stereocenters. The van der Waals surface area contributed by atoms with Crippen molar-refractivity contribution in [2.24, 2.45) is 5.92 Å². The number of sulfonamides is 1. The van der Waals surface area contributed by atoms with Crippen molar-refractivity contribution in [3.05, 3.63) is 16.7 Å². The van der Waals surface area contributed by atoms with Gasteiger partial charge in [-0.25, -0.2) is 18.1 Å². The summed E-state index contributed by atoms with van der Waals surface area (Å²) >= 11 is 3.25. The lowest BCUT2D eigenvalue weighted by Crippen LogP contribution is -2.28. The number of aromatic nitrogens is 1. The summed E-state index contributed by atoms with van der Waals surface area (Å²) in [6.45, 7) is 3.85. The van der Waals surface area contributed by atoms with Crippen LogP contribution < -0.4 is 10.0 Å². The van der Waals surface area contributed by atoms with E-state index in [1.165, 1.54) is 12.8 Å². The van der Waals surface area contributed by atoms with Gasteiger partial charge in [0.2, 0.25) is 10.0 Å². The Labute approximate surface area is 133 Å². The largest absolute Gasteiger partial charge is 0.380 e. The summed E-state index contributed by atoms with van der Waals surface area (Å²) in [5.74, 6) is 1.03. The highest BCUT2D eigenvalue weighted by molar-refractivity contribution is 9.10. The number of pyridine rings is 1. The van der Waals surface area contributed by atoms with Gasteiger partial charge < -0.3 is 10.1 Å². The molecule has 0 bridgehead atoms. The van der Waals surface area contributed by atoms with Gasteiger partial charge in [-0.2, -0.15) is 0 Å². The SMILES string of the molecule is CCNc1ncc(Br)cc1S(=O)(=O)NCCOCC1CC1. The van der Waals surface area contributed by atoms with Crippen molar-refractivity contribution in [1.82, 2.24) is 9.71 Å². The second kappa shape index (κ2) is 7.53. The lowest BCUT2D eigenvalue weighted by atomic mass is 10.4. The van der Waals surface area contributed by atoms with Crippen molar-refractivity contribution in [3.8, 4) is 0 Å². The van der Waals surface area contributed by atoms with E-state index in [4.69, 9.17) is 4.74 Å². The molecule has 1 aliphatic carbocycles. The third-order valence-corrected chi connectivity index (χ3v) is 4.95. The number of nitrogens with one attached hydrogen (secondary N) is 2. The summed E-state index contributed by atoms with van der Waals surface area (Å²) in [5, 5.41) is 2.95. The third-order valence-electron chi connectivity index (χ3n) is 3.04. The first-order chi connectivity index (χ1) is 10.0. The zero-order chi connectivity index (χ0) is 15.3. The molecule has 21 heavy (non-hydrogen) atoms. The Kier molecular flexibility index (Phi) is 5.98. The number of hydrogen-bond acceptors (Lipinski definition) is 5. The van der Waals surface area contributed by atoms with Crippen LogP contribution in [0.15, 0.2) is 21.6 Å². The molecule has 1 heterocycles. The molecule has 0 aliphatic heterocycles. The van der Waals surface area contributed by atoms with Gasteiger partial charge in [-0.1, -0.05) is 0 Å². The van der Waals surface area contributed by atoms with Crippen LogP contribution in [0, 0.1) is 5.92 Å². The number of hydrogen-bond donors (Lipinski definition) is 2. The maximum Gasteiger partial charge on any atom is 0.244 e. The summed E-state index contributed by atoms with van der Waals surface area (Å²) in [7, 11) is -3.61. The van der Waals surface area contributed by atoms with Gasteiger partial charge in [-0.3, -0.25) is 0 Å². The normalized spacial score (nSPS) is 15.1. The minimum Gasteiger partial charge on any atom is -0.380 e. The molecule has 2 N–H and O–H groups in total. The van der Waals surface area contributed by atoms with Crippen LogP contribution in [-0.2, 0) is 14.8 Å². The molecule has 0 spiro atoms. The molecule has 0 radical (unpaired) electrons. The second-order valence-corrected chi connectivity index (χ2v) is 7.60. The van der Waals surface area contributed by atoms with Crippen molar-refractivity contribution in [1.29, 1.82) is 0 Å². The average molecular weight is 378 g/mol. The molecule has 2 rings (SSSR count). The Bertz CT molecular complexity index is 576. The molecule has 0 atom stereocenters. The molecule has 0 aromatic carbocycles. The van der Waals surface area contributed by atoms with E-state index in [1.807, 2.05) is 6.92 Å². The molecule has 1 aromatic rings. The Hall–Kier alpha value is -0.700. The van der Waals surface area contributed by atoms with E-state index in [-0.39, 0.29) is 11.4 Å². The van der Waals surface area contributed by atoms with Gasteiger partial charge in [-0.05, 0) is 47.7 Å². The van der Waals surface area contributed by atoms with Gasteiger partial charge in [0.15, 0.2) is 0 Å². The van der Waals surface area contributed by atoms with E-state index < -0.39 is 10.0 Å². The van der Waals surface area contributed by atoms with E-state index in [2.05, 4.69) is 31.0 Å². The van der Waals surface area contributed by atoms with Crippen LogP contribution in [0.3, 0.4) is 0 Å². The van der Waals surface area contributed by atoms with Crippen LogP contribution in [0.25, 0.3) is 0 Å². The highest BCUT2D eigenvalue weighted by Crippen LogP contribution is 2.28. The maximum absolute atomic E-state index is 12.3. The monoisotopic (exact) mass is 377 g/mol. The first-order valence-corrected chi connectivity index (χ1v) is 9.27. The molecule has 1 aromatic heterocycles. The highest BCUT2D eigenvalue weighted by Gasteiger charge is 2.22. The lowest BCUT2D eigenvalue weighted by molar-refractivity contribution is 0.129. The summed E-state index contributed by atoms with van der Waals surface area (Å²) < 4.78 is 33.2. The molecule has 6 nitrogen and oxygen atoms in total. The van der Waals surface area contributed by atoms with E-state index in [0.29, 0.717) is 29.4 Å². The average Bonchev–Trinajstić information content (AvgIpc) is 3.24. The first kappa shape index (κ1) is 16.7. The summed E-state index contributed by atoms with van der Waals surface area (Å²) in [6, 6.07) is 1.54. The first-order valence-electron chi connectivity index (χ1n) is 6.99. The Morgan fingerprint density at radius 3 is 2.90 bits per heavy atom. The number of ether oxygens (including phenoxy) is 1. The van der Waals surface area contributed by atoms with Crippen molar-refractivity contribution in [2.45, 2.75) is 24.7 Å². The van der Waals surface area contributed by atoms with E-state index in [0.717, 1.165) is 6.61 Å². The number of nitrogens with zero attached hydrogens (tertiary/aromatic N) is 1. The molecule has 1 aliphatic rings. The standard InChI is InChI=1S/C13H20BrN3O3S/c1-2-15-13-12(7-11(14)8-16-13)21(18,19)17-5-6-20-9-10-3-4-10/h7-8,10,17H,2-6,9H2,1H3,(H,15,16). The zero-order valence-electron chi connectivity index (χ0n) is 11.9. The molecule has 0 saturated heterocycles. The molecule has 1 fully saturated rings. The van der Waals surface area contributed by atoms with Crippen molar-refractivity contribution < 1.29 is 13.2 Å². The Morgan fingerprint density at radius 1 is 1.48 bits per heavy atom. The van der Waals surface area contributed by atoms with Crippen molar-refractivity contribution in [2.75, 3.05) is 31.6 Å². The highest BCUT2D eigenvalue weighted by atomic mass is 79.9. The molecule has 8 heteroatoms. The van der Waals surface area contributed by atoms with Crippen LogP contribution >= 0.6 is 15.9 Å². The van der Waals surface area contributed by atoms with Crippen LogP contribution in [-0.4, -0.2) is 39.7 Å². The minimum absolute atomic E-state index is 0.140. The second-order valence-electron chi connectivity index (χ2n) is 4.95. The van der Waals surface area contributed by atoms with Gasteiger partial charge in [0.25, 0.3) is 0 Å². The summed E-state index contributed by atoms with van der Waals surface area (Å²) in [6.07, 6.45) is 4.01. The fourth-order valence-electron chi connectivity index (χ4n) is 1.79. The number of rotatable bonds is 9. The Balaban J connectivity index is 1.95. The van der Waals surface area contributed by atoms with Gasteiger partial charge >= 0.3 is 0 Å². The molecule has 1 saturated carbocycles. The van der Waals surface area contributed by atoms with Crippen molar-refractivity contribution >= 4 is 31.8 Å². The van der Waals surface area contributed by atoms with Gasteiger partial charge in [-0.15, -0.1) is 0 Å². The summed E-state index contributed by atoms with van der Waals surface area (Å²) in [4.78, 5) is 4.24. The molecule has 118 valence electrons. The smallest absolute Gasteiger partial charge is 0.244 e.